The van der Waals surface area contributed by atoms with Crippen molar-refractivity contribution in [1.82, 2.24) is 15.5 Å². The van der Waals surface area contributed by atoms with E-state index in [0.717, 1.165) is 13.0 Å². The maximum absolute atomic E-state index is 11.5. The van der Waals surface area contributed by atoms with E-state index in [1.165, 1.54) is 19.4 Å². The Morgan fingerprint density at radius 1 is 1.25 bits per heavy atom. The van der Waals surface area contributed by atoms with E-state index in [9.17, 15) is 9.59 Å². The lowest BCUT2D eigenvalue weighted by atomic mass is 10.1. The number of nitrogens with one attached hydrogen (secondary N) is 2. The standard InChI is InChI=1S/C11H17N3O2/c15-10-6-8(11(16)13-10)12-7-3-5-14-4-1-2-9(7)14/h7-9,12H,1-6H2,(H,13,15,16). The monoisotopic (exact) mass is 223 g/mol. The van der Waals surface area contributed by atoms with E-state index in [1.807, 2.05) is 0 Å². The second-order valence-corrected chi connectivity index (χ2v) is 4.98. The van der Waals surface area contributed by atoms with Gasteiger partial charge >= 0.3 is 0 Å². The summed E-state index contributed by atoms with van der Waals surface area (Å²) in [5.74, 6) is -0.301. The third-order valence-electron chi connectivity index (χ3n) is 3.99. The Labute approximate surface area is 94.6 Å². The molecule has 5 heteroatoms. The average Bonchev–Trinajstić information content (AvgIpc) is 2.86. The molecule has 0 spiro atoms. The fourth-order valence-corrected chi connectivity index (χ4v) is 3.22. The van der Waals surface area contributed by atoms with Crippen LogP contribution in [0.5, 0.6) is 0 Å². The smallest absolute Gasteiger partial charge is 0.244 e. The molecule has 3 rings (SSSR count). The second-order valence-electron chi connectivity index (χ2n) is 4.98. The van der Waals surface area contributed by atoms with Crippen molar-refractivity contribution in [2.75, 3.05) is 13.1 Å². The summed E-state index contributed by atoms with van der Waals surface area (Å²) in [4.78, 5) is 25.0. The maximum atomic E-state index is 11.5. The molecule has 88 valence electrons. The summed E-state index contributed by atoms with van der Waals surface area (Å²) in [7, 11) is 0. The number of rotatable bonds is 2. The Hall–Kier alpha value is -0.940. The summed E-state index contributed by atoms with van der Waals surface area (Å²) < 4.78 is 0. The van der Waals surface area contributed by atoms with Gasteiger partial charge in [0.05, 0.1) is 12.5 Å². The van der Waals surface area contributed by atoms with Crippen LogP contribution in [-0.2, 0) is 9.59 Å². The lowest BCUT2D eigenvalue weighted by Crippen LogP contribution is -2.47. The molecule has 0 aliphatic carbocycles. The van der Waals surface area contributed by atoms with Gasteiger partial charge in [-0.1, -0.05) is 0 Å². The molecule has 3 saturated heterocycles. The maximum Gasteiger partial charge on any atom is 0.244 e. The van der Waals surface area contributed by atoms with Gasteiger partial charge in [-0.3, -0.25) is 19.8 Å². The first-order valence-corrected chi connectivity index (χ1v) is 6.08. The molecule has 0 bridgehead atoms. The van der Waals surface area contributed by atoms with Crippen LogP contribution in [0.25, 0.3) is 0 Å². The van der Waals surface area contributed by atoms with Gasteiger partial charge in [-0.15, -0.1) is 0 Å². The van der Waals surface area contributed by atoms with E-state index in [4.69, 9.17) is 0 Å². The molecule has 16 heavy (non-hydrogen) atoms. The molecule has 0 saturated carbocycles. The van der Waals surface area contributed by atoms with Crippen LogP contribution in [0.4, 0.5) is 0 Å². The molecule has 5 nitrogen and oxygen atoms in total. The van der Waals surface area contributed by atoms with Gasteiger partial charge in [0.2, 0.25) is 11.8 Å². The predicted molar refractivity (Wildman–Crippen MR) is 57.7 cm³/mol. The van der Waals surface area contributed by atoms with E-state index < -0.39 is 0 Å². The Kier molecular flexibility index (Phi) is 2.44. The van der Waals surface area contributed by atoms with E-state index in [2.05, 4.69) is 15.5 Å². The minimum absolute atomic E-state index is 0.149. The summed E-state index contributed by atoms with van der Waals surface area (Å²) in [6.07, 6.45) is 3.89. The Morgan fingerprint density at radius 3 is 2.88 bits per heavy atom. The van der Waals surface area contributed by atoms with Crippen LogP contribution < -0.4 is 10.6 Å². The van der Waals surface area contributed by atoms with Gasteiger partial charge in [-0.2, -0.15) is 0 Å². The van der Waals surface area contributed by atoms with Crippen LogP contribution in [0.2, 0.25) is 0 Å². The highest BCUT2D eigenvalue weighted by atomic mass is 16.2. The first-order chi connectivity index (χ1) is 7.74. The van der Waals surface area contributed by atoms with Crippen molar-refractivity contribution in [1.29, 1.82) is 0 Å². The zero-order valence-corrected chi connectivity index (χ0v) is 9.24. The van der Waals surface area contributed by atoms with E-state index in [0.29, 0.717) is 18.5 Å². The first kappa shape index (κ1) is 10.2. The van der Waals surface area contributed by atoms with Crippen molar-refractivity contribution in [2.45, 2.75) is 43.8 Å². The van der Waals surface area contributed by atoms with Gasteiger partial charge in [0.25, 0.3) is 0 Å². The number of hydrogen-bond acceptors (Lipinski definition) is 4. The highest BCUT2D eigenvalue weighted by Crippen LogP contribution is 2.28. The highest BCUT2D eigenvalue weighted by Gasteiger charge is 2.40. The summed E-state index contributed by atoms with van der Waals surface area (Å²) in [5.41, 5.74) is 0. The van der Waals surface area contributed by atoms with Crippen molar-refractivity contribution in [3.05, 3.63) is 0 Å². The summed E-state index contributed by atoms with van der Waals surface area (Å²) in [5, 5.41) is 5.70. The lowest BCUT2D eigenvalue weighted by Gasteiger charge is -2.23. The third kappa shape index (κ3) is 1.64. The summed E-state index contributed by atoms with van der Waals surface area (Å²) in [6, 6.07) is 0.686. The van der Waals surface area contributed by atoms with Crippen LogP contribution in [0.15, 0.2) is 0 Å². The molecule has 2 amide bonds. The molecule has 3 aliphatic heterocycles. The van der Waals surface area contributed by atoms with E-state index >= 15 is 0 Å². The molecule has 3 heterocycles. The van der Waals surface area contributed by atoms with Crippen LogP contribution in [0.3, 0.4) is 0 Å². The molecule has 0 aromatic heterocycles. The van der Waals surface area contributed by atoms with Crippen LogP contribution in [0.1, 0.15) is 25.7 Å². The molecule has 2 N–H and O–H groups in total. The van der Waals surface area contributed by atoms with Crippen LogP contribution >= 0.6 is 0 Å². The minimum atomic E-state index is -0.293. The minimum Gasteiger partial charge on any atom is -0.301 e. The predicted octanol–water partition coefficient (Wildman–Crippen LogP) is -0.772. The fraction of sp³-hybridized carbons (Fsp3) is 0.818. The molecular formula is C11H17N3O2. The normalized spacial score (nSPS) is 39.1. The first-order valence-electron chi connectivity index (χ1n) is 6.08. The van der Waals surface area contributed by atoms with Crippen molar-refractivity contribution in [2.24, 2.45) is 0 Å². The Balaban J connectivity index is 1.62. The molecular weight excluding hydrogens is 206 g/mol. The van der Waals surface area contributed by atoms with Crippen LogP contribution in [0, 0.1) is 0 Å². The summed E-state index contributed by atoms with van der Waals surface area (Å²) >= 11 is 0. The Bertz CT molecular complexity index is 331. The number of hydrogen-bond donors (Lipinski definition) is 2. The van der Waals surface area contributed by atoms with Crippen molar-refractivity contribution in [3.8, 4) is 0 Å². The molecule has 3 unspecified atom stereocenters. The molecule has 3 aliphatic rings. The lowest BCUT2D eigenvalue weighted by molar-refractivity contribution is -0.125. The van der Waals surface area contributed by atoms with Gasteiger partial charge in [0.1, 0.15) is 0 Å². The fourth-order valence-electron chi connectivity index (χ4n) is 3.22. The second kappa shape index (κ2) is 3.82. The molecule has 3 fully saturated rings. The third-order valence-corrected chi connectivity index (χ3v) is 3.99. The van der Waals surface area contributed by atoms with E-state index in [-0.39, 0.29) is 17.9 Å². The highest BCUT2D eigenvalue weighted by molar-refractivity contribution is 6.05. The number of carbonyl (C=O) groups excluding carboxylic acids is 2. The van der Waals surface area contributed by atoms with Crippen molar-refractivity contribution < 1.29 is 9.59 Å². The van der Waals surface area contributed by atoms with E-state index in [1.54, 1.807) is 0 Å². The largest absolute Gasteiger partial charge is 0.301 e. The topological polar surface area (TPSA) is 61.4 Å². The average molecular weight is 223 g/mol. The Morgan fingerprint density at radius 2 is 2.12 bits per heavy atom. The zero-order chi connectivity index (χ0) is 11.1. The van der Waals surface area contributed by atoms with Gasteiger partial charge in [-0.25, -0.2) is 0 Å². The number of amides is 2. The SMILES string of the molecule is O=C1CC(NC2CCN3CCCC23)C(=O)N1. The van der Waals surface area contributed by atoms with Crippen molar-refractivity contribution in [3.63, 3.8) is 0 Å². The van der Waals surface area contributed by atoms with Crippen LogP contribution in [-0.4, -0.2) is 47.9 Å². The number of carbonyl (C=O) groups is 2. The molecule has 0 aromatic rings. The molecule has 0 aromatic carbocycles. The quantitative estimate of drug-likeness (QED) is 0.603. The van der Waals surface area contributed by atoms with Gasteiger partial charge in [0, 0.05) is 18.6 Å². The van der Waals surface area contributed by atoms with Gasteiger partial charge < -0.3 is 5.32 Å². The molecule has 0 radical (unpaired) electrons. The van der Waals surface area contributed by atoms with Gasteiger partial charge in [-0.05, 0) is 25.8 Å². The number of imide groups is 1. The zero-order valence-electron chi connectivity index (χ0n) is 9.24. The van der Waals surface area contributed by atoms with Gasteiger partial charge in [0.15, 0.2) is 0 Å². The van der Waals surface area contributed by atoms with Crippen molar-refractivity contribution >= 4 is 11.8 Å². The molecule has 3 atom stereocenters. The number of nitrogens with zero attached hydrogens (tertiary/aromatic N) is 1. The summed E-state index contributed by atoms with van der Waals surface area (Å²) in [6.45, 7) is 2.32. The number of fused-ring (bicyclic) bond motifs is 1.